The number of rotatable bonds is 6. The quantitative estimate of drug-likeness (QED) is 0.500. The molecule has 2 amide bonds. The van der Waals surface area contributed by atoms with Crippen LogP contribution in [0.3, 0.4) is 0 Å². The molecule has 2 aromatic carbocycles. The van der Waals surface area contributed by atoms with E-state index in [1.54, 1.807) is 7.05 Å². The van der Waals surface area contributed by atoms with E-state index < -0.39 is 23.9 Å². The lowest BCUT2D eigenvalue weighted by atomic mass is 9.98. The summed E-state index contributed by atoms with van der Waals surface area (Å²) in [5.74, 6) is -1.80. The maximum absolute atomic E-state index is 12.9. The highest BCUT2D eigenvalue weighted by molar-refractivity contribution is 6.01. The summed E-state index contributed by atoms with van der Waals surface area (Å²) in [5, 5.41) is 18.8. The third kappa shape index (κ3) is 4.37. The summed E-state index contributed by atoms with van der Waals surface area (Å²) in [6.07, 6.45) is 2.21. The summed E-state index contributed by atoms with van der Waals surface area (Å²) in [6.45, 7) is 0.153. The van der Waals surface area contributed by atoms with Crippen molar-refractivity contribution in [2.24, 2.45) is 13.0 Å². The van der Waals surface area contributed by atoms with E-state index in [4.69, 9.17) is 4.74 Å². The lowest BCUT2D eigenvalue weighted by Crippen LogP contribution is -2.35. The van der Waals surface area contributed by atoms with Crippen LogP contribution in [0.5, 0.6) is 0 Å². The van der Waals surface area contributed by atoms with E-state index in [0.717, 1.165) is 22.3 Å². The van der Waals surface area contributed by atoms with Crippen LogP contribution < -0.4 is 10.6 Å². The van der Waals surface area contributed by atoms with Crippen molar-refractivity contribution in [3.8, 4) is 11.1 Å². The molecule has 2 aliphatic rings. The third-order valence-corrected chi connectivity index (χ3v) is 6.85. The van der Waals surface area contributed by atoms with Gasteiger partial charge in [-0.25, -0.2) is 4.79 Å². The molecule has 0 spiro atoms. The molecule has 0 radical (unpaired) electrons. The van der Waals surface area contributed by atoms with Crippen molar-refractivity contribution in [2.75, 3.05) is 11.9 Å². The number of aromatic nitrogens is 2. The normalized spacial score (nSPS) is 18.5. The topological polar surface area (TPSA) is 123 Å². The van der Waals surface area contributed by atoms with Crippen LogP contribution in [-0.4, -0.2) is 45.5 Å². The van der Waals surface area contributed by atoms with Crippen LogP contribution in [0.4, 0.5) is 10.5 Å². The number of ether oxygens (including phenoxy) is 1. The smallest absolute Gasteiger partial charge is 0.411 e. The summed E-state index contributed by atoms with van der Waals surface area (Å²) in [7, 11) is 1.60. The number of carboxylic acids is 1. The van der Waals surface area contributed by atoms with Gasteiger partial charge in [0.1, 0.15) is 12.3 Å². The van der Waals surface area contributed by atoms with Crippen molar-refractivity contribution >= 4 is 23.7 Å². The highest BCUT2D eigenvalue weighted by Crippen LogP contribution is 2.44. The van der Waals surface area contributed by atoms with Crippen molar-refractivity contribution in [2.45, 2.75) is 31.2 Å². The number of benzene rings is 2. The van der Waals surface area contributed by atoms with E-state index in [0.29, 0.717) is 19.3 Å². The average molecular weight is 475 g/mol. The van der Waals surface area contributed by atoms with E-state index in [2.05, 4.69) is 27.9 Å². The van der Waals surface area contributed by atoms with Crippen LogP contribution in [0.2, 0.25) is 0 Å². The minimum atomic E-state index is -0.847. The Hall–Kier alpha value is -4.14. The van der Waals surface area contributed by atoms with Gasteiger partial charge in [-0.05, 0) is 41.5 Å². The van der Waals surface area contributed by atoms with Crippen molar-refractivity contribution in [1.82, 2.24) is 15.1 Å². The summed E-state index contributed by atoms with van der Waals surface area (Å²) >= 11 is 0. The van der Waals surface area contributed by atoms with Crippen LogP contribution in [0.25, 0.3) is 11.1 Å². The van der Waals surface area contributed by atoms with E-state index >= 15 is 0 Å². The molecule has 180 valence electrons. The monoisotopic (exact) mass is 474 g/mol. The molecule has 3 N–H and O–H groups in total. The Morgan fingerprint density at radius 1 is 1.06 bits per heavy atom. The summed E-state index contributed by atoms with van der Waals surface area (Å²) < 4.78 is 6.95. The molecule has 2 atom stereocenters. The van der Waals surface area contributed by atoms with Gasteiger partial charge in [0.05, 0.1) is 17.8 Å². The third-order valence-electron chi connectivity index (χ3n) is 6.85. The zero-order valence-corrected chi connectivity index (χ0v) is 19.2. The second kappa shape index (κ2) is 9.25. The van der Waals surface area contributed by atoms with Gasteiger partial charge in [0, 0.05) is 19.0 Å². The number of fused-ring (bicyclic) bond motifs is 3. The first-order chi connectivity index (χ1) is 16.9. The second-order valence-electron chi connectivity index (χ2n) is 9.00. The van der Waals surface area contributed by atoms with Gasteiger partial charge in [0.15, 0.2) is 0 Å². The van der Waals surface area contributed by atoms with Crippen LogP contribution >= 0.6 is 0 Å². The Balaban J connectivity index is 1.24. The van der Waals surface area contributed by atoms with Gasteiger partial charge >= 0.3 is 12.1 Å². The van der Waals surface area contributed by atoms with Gasteiger partial charge in [-0.1, -0.05) is 48.5 Å². The van der Waals surface area contributed by atoms with Crippen molar-refractivity contribution in [3.63, 3.8) is 0 Å². The number of carbonyl (C=O) groups is 3. The van der Waals surface area contributed by atoms with Crippen molar-refractivity contribution in [3.05, 3.63) is 71.5 Å². The predicted octanol–water partition coefficient (Wildman–Crippen LogP) is 3.76. The van der Waals surface area contributed by atoms with Gasteiger partial charge in [-0.3, -0.25) is 19.6 Å². The fraction of sp³-hybridized carbons (Fsp3) is 0.308. The van der Waals surface area contributed by atoms with Gasteiger partial charge in [-0.15, -0.1) is 0 Å². The zero-order valence-electron chi connectivity index (χ0n) is 19.2. The Morgan fingerprint density at radius 2 is 1.71 bits per heavy atom. The molecule has 2 unspecified atom stereocenters. The maximum Gasteiger partial charge on any atom is 0.411 e. The van der Waals surface area contributed by atoms with E-state index in [1.165, 1.54) is 10.9 Å². The van der Waals surface area contributed by atoms with Crippen LogP contribution in [-0.2, 0) is 16.6 Å². The fourth-order valence-electron chi connectivity index (χ4n) is 5.13. The second-order valence-corrected chi connectivity index (χ2v) is 9.00. The summed E-state index contributed by atoms with van der Waals surface area (Å²) in [4.78, 5) is 36.8. The van der Waals surface area contributed by atoms with Gasteiger partial charge in [0.2, 0.25) is 0 Å². The number of anilines is 1. The standard InChI is InChI=1S/C26H26N4O5/c1-30-23(24(31)28-16-11-10-15(12-16)25(32)33)22(13-27-30)29-26(34)35-14-21-19-8-4-2-6-17(19)18-7-3-5-9-20(18)21/h2-9,13,15-16,21H,10-12,14H2,1H3,(H,28,31)(H,29,34)(H,32,33). The first-order valence-electron chi connectivity index (χ1n) is 11.6. The minimum absolute atomic E-state index is 0.0747. The van der Waals surface area contributed by atoms with Gasteiger partial charge in [-0.2, -0.15) is 5.10 Å². The molecule has 9 nitrogen and oxygen atoms in total. The molecule has 1 aromatic heterocycles. The molecule has 2 aliphatic carbocycles. The highest BCUT2D eigenvalue weighted by atomic mass is 16.5. The SMILES string of the molecule is Cn1ncc(NC(=O)OCC2c3ccccc3-c3ccccc32)c1C(=O)NC1CCC(C(=O)O)C1. The van der Waals surface area contributed by atoms with E-state index in [1.807, 2.05) is 36.4 Å². The number of aliphatic carboxylic acids is 1. The maximum atomic E-state index is 12.9. The molecular formula is C26H26N4O5. The molecule has 3 aromatic rings. The van der Waals surface area contributed by atoms with Crippen LogP contribution in [0, 0.1) is 5.92 Å². The van der Waals surface area contributed by atoms with Crippen molar-refractivity contribution in [1.29, 1.82) is 0 Å². The number of aryl methyl sites for hydroxylation is 1. The van der Waals surface area contributed by atoms with Crippen LogP contribution in [0.1, 0.15) is 46.8 Å². The molecule has 5 rings (SSSR count). The number of hydrogen-bond acceptors (Lipinski definition) is 5. The molecular weight excluding hydrogens is 448 g/mol. The number of amides is 2. The number of hydrogen-bond donors (Lipinski definition) is 3. The number of nitrogens with zero attached hydrogens (tertiary/aromatic N) is 2. The lowest BCUT2D eigenvalue weighted by molar-refractivity contribution is -0.141. The average Bonchev–Trinajstić information content (AvgIpc) is 3.54. The molecule has 1 saturated carbocycles. The summed E-state index contributed by atoms with van der Waals surface area (Å²) in [5.41, 5.74) is 4.91. The fourth-order valence-corrected chi connectivity index (χ4v) is 5.13. The molecule has 9 heteroatoms. The number of carboxylic acid groups (broad SMARTS) is 1. The first-order valence-corrected chi connectivity index (χ1v) is 11.6. The first kappa shape index (κ1) is 22.6. The van der Waals surface area contributed by atoms with Gasteiger partial charge < -0.3 is 15.2 Å². The summed E-state index contributed by atoms with van der Waals surface area (Å²) in [6, 6.07) is 15.9. The molecule has 0 bridgehead atoms. The minimum Gasteiger partial charge on any atom is -0.481 e. The largest absolute Gasteiger partial charge is 0.481 e. The van der Waals surface area contributed by atoms with Crippen molar-refractivity contribution < 1.29 is 24.2 Å². The molecule has 0 saturated heterocycles. The highest BCUT2D eigenvalue weighted by Gasteiger charge is 2.32. The van der Waals surface area contributed by atoms with E-state index in [9.17, 15) is 19.5 Å². The predicted molar refractivity (Wildman–Crippen MR) is 128 cm³/mol. The number of carbonyl (C=O) groups excluding carboxylic acids is 2. The van der Waals surface area contributed by atoms with E-state index in [-0.39, 0.29) is 29.9 Å². The Labute approximate surface area is 202 Å². The Morgan fingerprint density at radius 3 is 2.34 bits per heavy atom. The van der Waals surface area contributed by atoms with Gasteiger partial charge in [0.25, 0.3) is 5.91 Å². The number of nitrogens with one attached hydrogen (secondary N) is 2. The Bertz CT molecular complexity index is 1250. The molecule has 35 heavy (non-hydrogen) atoms. The molecule has 0 aliphatic heterocycles. The Kier molecular flexibility index (Phi) is 5.98. The van der Waals surface area contributed by atoms with Crippen LogP contribution in [0.15, 0.2) is 54.7 Å². The lowest BCUT2D eigenvalue weighted by Gasteiger charge is -2.15. The molecule has 1 heterocycles. The molecule has 1 fully saturated rings. The zero-order chi connectivity index (χ0) is 24.5.